The molecule has 8 heteroatoms. The van der Waals surface area contributed by atoms with Gasteiger partial charge in [0.05, 0.1) is 6.42 Å². The maximum Gasteiger partial charge on any atom is 0.425 e. The molecule has 0 radical (unpaired) electrons. The molecule has 1 atom stereocenters. The van der Waals surface area contributed by atoms with Crippen LogP contribution in [-0.2, 0) is 17.4 Å². The first-order chi connectivity index (χ1) is 11.2. The van der Waals surface area contributed by atoms with Crippen molar-refractivity contribution >= 4 is 5.91 Å². The van der Waals surface area contributed by atoms with Crippen molar-refractivity contribution in [3.63, 3.8) is 0 Å². The van der Waals surface area contributed by atoms with E-state index in [1.165, 1.54) is 38.9 Å². The van der Waals surface area contributed by atoms with Crippen LogP contribution in [0.3, 0.4) is 0 Å². The van der Waals surface area contributed by atoms with Crippen molar-refractivity contribution in [3.8, 4) is 0 Å². The lowest BCUT2D eigenvalue weighted by Crippen LogP contribution is -2.48. The van der Waals surface area contributed by atoms with E-state index < -0.39 is 29.9 Å². The summed E-state index contributed by atoms with van der Waals surface area (Å²) in [6, 6.07) is 0. The van der Waals surface area contributed by atoms with Crippen LogP contribution in [0.1, 0.15) is 50.8 Å². The van der Waals surface area contributed by atoms with Crippen LogP contribution in [0, 0.1) is 5.92 Å². The lowest BCUT2D eigenvalue weighted by Gasteiger charge is -2.29. The molecule has 1 aromatic rings. The first kappa shape index (κ1) is 18.8. The summed E-state index contributed by atoms with van der Waals surface area (Å²) in [4.78, 5) is 15.5. The molecule has 1 aliphatic rings. The number of halogens is 3. The smallest absolute Gasteiger partial charge is 0.374 e. The van der Waals surface area contributed by atoms with Crippen molar-refractivity contribution in [2.75, 3.05) is 6.54 Å². The fraction of sp³-hybridized carbons (Fsp3) is 0.750. The average Bonchev–Trinajstić information content (AvgIpc) is 3.13. The van der Waals surface area contributed by atoms with Gasteiger partial charge in [-0.05, 0) is 18.8 Å². The number of carbonyl (C=O) groups excluding carboxylic acids is 1. The number of alkyl halides is 3. The SMILES string of the molecule is Cn1ccnc1C(O)(CC(=O)NCCCC1CCCC1)C(F)(F)F. The molecule has 2 rings (SSSR count). The van der Waals surface area contributed by atoms with Gasteiger partial charge < -0.3 is 15.0 Å². The van der Waals surface area contributed by atoms with Crippen LogP contribution in [0.2, 0.25) is 0 Å². The summed E-state index contributed by atoms with van der Waals surface area (Å²) in [6.07, 6.45) is 2.95. The number of nitrogens with zero attached hydrogens (tertiary/aromatic N) is 2. The maximum atomic E-state index is 13.3. The van der Waals surface area contributed by atoms with E-state index in [0.29, 0.717) is 12.5 Å². The third-order valence-corrected chi connectivity index (χ3v) is 4.66. The quantitative estimate of drug-likeness (QED) is 0.745. The number of aryl methyl sites for hydroxylation is 1. The number of rotatable bonds is 7. The normalized spacial score (nSPS) is 18.5. The van der Waals surface area contributed by atoms with Gasteiger partial charge in [0.25, 0.3) is 0 Å². The molecular weight excluding hydrogens is 323 g/mol. The topological polar surface area (TPSA) is 67.1 Å². The number of amides is 1. The highest BCUT2D eigenvalue weighted by Crippen LogP contribution is 2.40. The van der Waals surface area contributed by atoms with Crippen LogP contribution in [-0.4, -0.2) is 33.3 Å². The fourth-order valence-electron chi connectivity index (χ4n) is 3.28. The summed E-state index contributed by atoms with van der Waals surface area (Å²) in [5, 5.41) is 12.6. The summed E-state index contributed by atoms with van der Waals surface area (Å²) in [5.74, 6) is -0.748. The van der Waals surface area contributed by atoms with Crippen molar-refractivity contribution < 1.29 is 23.1 Å². The maximum absolute atomic E-state index is 13.3. The molecule has 1 aromatic heterocycles. The van der Waals surface area contributed by atoms with Crippen LogP contribution in [0.4, 0.5) is 13.2 Å². The van der Waals surface area contributed by atoms with Crippen molar-refractivity contribution in [1.82, 2.24) is 14.9 Å². The van der Waals surface area contributed by atoms with Crippen LogP contribution < -0.4 is 5.32 Å². The Kier molecular flexibility index (Phi) is 5.90. The molecule has 1 amide bonds. The number of aromatic nitrogens is 2. The van der Waals surface area contributed by atoms with E-state index >= 15 is 0 Å². The zero-order valence-electron chi connectivity index (χ0n) is 13.8. The summed E-state index contributed by atoms with van der Waals surface area (Å²) in [6.45, 7) is 0.323. The lowest BCUT2D eigenvalue weighted by molar-refractivity contribution is -0.271. The van der Waals surface area contributed by atoms with Crippen LogP contribution >= 0.6 is 0 Å². The Morgan fingerprint density at radius 2 is 2.08 bits per heavy atom. The minimum absolute atomic E-state index is 0.323. The fourth-order valence-corrected chi connectivity index (χ4v) is 3.28. The second kappa shape index (κ2) is 7.55. The number of imidazole rings is 1. The predicted octanol–water partition coefficient (Wildman–Crippen LogP) is 2.65. The molecule has 1 saturated carbocycles. The van der Waals surface area contributed by atoms with Gasteiger partial charge in [-0.1, -0.05) is 25.7 Å². The van der Waals surface area contributed by atoms with Crippen molar-refractivity contribution in [2.24, 2.45) is 13.0 Å². The molecule has 5 nitrogen and oxygen atoms in total. The van der Waals surface area contributed by atoms with Gasteiger partial charge in [-0.25, -0.2) is 4.98 Å². The summed E-state index contributed by atoms with van der Waals surface area (Å²) >= 11 is 0. The first-order valence-electron chi connectivity index (χ1n) is 8.27. The molecule has 1 fully saturated rings. The molecule has 24 heavy (non-hydrogen) atoms. The number of hydrogen-bond acceptors (Lipinski definition) is 3. The Balaban J connectivity index is 1.89. The van der Waals surface area contributed by atoms with E-state index in [2.05, 4.69) is 10.3 Å². The minimum Gasteiger partial charge on any atom is -0.374 e. The third kappa shape index (κ3) is 4.28. The summed E-state index contributed by atoms with van der Waals surface area (Å²) in [5.41, 5.74) is -3.29. The largest absolute Gasteiger partial charge is 0.425 e. The second-order valence-corrected chi connectivity index (χ2v) is 6.54. The molecule has 0 saturated heterocycles. The molecule has 1 aliphatic carbocycles. The summed E-state index contributed by atoms with van der Waals surface area (Å²) in [7, 11) is 1.35. The van der Waals surface area contributed by atoms with Gasteiger partial charge in [-0.2, -0.15) is 13.2 Å². The van der Waals surface area contributed by atoms with E-state index in [4.69, 9.17) is 0 Å². The number of aliphatic hydroxyl groups is 1. The standard InChI is InChI=1S/C16H24F3N3O2/c1-22-10-9-21-14(22)15(24,16(17,18)19)11-13(23)20-8-4-7-12-5-2-3-6-12/h9-10,12,24H,2-8,11H2,1H3,(H,20,23). The molecule has 0 bridgehead atoms. The van der Waals surface area contributed by atoms with Gasteiger partial charge in [-0.3, -0.25) is 4.79 Å². The molecule has 136 valence electrons. The Labute approximate surface area is 139 Å². The van der Waals surface area contributed by atoms with Crippen molar-refractivity contribution in [1.29, 1.82) is 0 Å². The highest BCUT2D eigenvalue weighted by Gasteiger charge is 2.58. The summed E-state index contributed by atoms with van der Waals surface area (Å²) < 4.78 is 41.0. The van der Waals surface area contributed by atoms with E-state index in [9.17, 15) is 23.1 Å². The highest BCUT2D eigenvalue weighted by atomic mass is 19.4. The Bertz CT molecular complexity index is 553. The van der Waals surface area contributed by atoms with Crippen molar-refractivity contribution in [3.05, 3.63) is 18.2 Å². The van der Waals surface area contributed by atoms with Crippen LogP contribution in [0.5, 0.6) is 0 Å². The van der Waals surface area contributed by atoms with Crippen LogP contribution in [0.25, 0.3) is 0 Å². The molecular formula is C16H24F3N3O2. The lowest BCUT2D eigenvalue weighted by atomic mass is 9.97. The van der Waals surface area contributed by atoms with Gasteiger partial charge in [-0.15, -0.1) is 0 Å². The Morgan fingerprint density at radius 1 is 1.42 bits per heavy atom. The molecule has 2 N–H and O–H groups in total. The Morgan fingerprint density at radius 3 is 2.62 bits per heavy atom. The number of nitrogens with one attached hydrogen (secondary N) is 1. The van der Waals surface area contributed by atoms with Gasteiger partial charge in [0.1, 0.15) is 0 Å². The molecule has 0 aromatic carbocycles. The van der Waals surface area contributed by atoms with E-state index in [0.717, 1.165) is 23.6 Å². The van der Waals surface area contributed by atoms with E-state index in [1.54, 1.807) is 0 Å². The molecule has 1 heterocycles. The molecule has 1 unspecified atom stereocenters. The molecule has 0 aliphatic heterocycles. The zero-order chi connectivity index (χ0) is 17.8. The first-order valence-corrected chi connectivity index (χ1v) is 8.27. The Hall–Kier alpha value is -1.57. The zero-order valence-corrected chi connectivity index (χ0v) is 13.8. The van der Waals surface area contributed by atoms with Crippen molar-refractivity contribution in [2.45, 2.75) is 56.7 Å². The van der Waals surface area contributed by atoms with E-state index in [-0.39, 0.29) is 0 Å². The van der Waals surface area contributed by atoms with Gasteiger partial charge in [0.2, 0.25) is 11.5 Å². The monoisotopic (exact) mass is 347 g/mol. The number of carbonyl (C=O) groups is 1. The van der Waals surface area contributed by atoms with Gasteiger partial charge >= 0.3 is 6.18 Å². The predicted molar refractivity (Wildman–Crippen MR) is 82.0 cm³/mol. The van der Waals surface area contributed by atoms with Gasteiger partial charge in [0.15, 0.2) is 5.82 Å². The highest BCUT2D eigenvalue weighted by molar-refractivity contribution is 5.77. The minimum atomic E-state index is -4.99. The average molecular weight is 347 g/mol. The second-order valence-electron chi connectivity index (χ2n) is 6.54. The van der Waals surface area contributed by atoms with Crippen LogP contribution in [0.15, 0.2) is 12.4 Å². The third-order valence-electron chi connectivity index (χ3n) is 4.66. The molecule has 0 spiro atoms. The number of hydrogen-bond donors (Lipinski definition) is 2. The van der Waals surface area contributed by atoms with E-state index in [1.807, 2.05) is 0 Å². The van der Waals surface area contributed by atoms with Gasteiger partial charge in [0, 0.05) is 26.0 Å².